The van der Waals surface area contributed by atoms with Crippen molar-refractivity contribution in [3.63, 3.8) is 0 Å². The lowest BCUT2D eigenvalue weighted by Crippen LogP contribution is -2.23. The molecule has 0 saturated heterocycles. The zero-order valence-electron chi connectivity index (χ0n) is 17.2. The maximum atomic E-state index is 13.2. The van der Waals surface area contributed by atoms with Gasteiger partial charge >= 0.3 is 0 Å². The van der Waals surface area contributed by atoms with E-state index in [1.165, 1.54) is 24.3 Å². The van der Waals surface area contributed by atoms with Crippen LogP contribution in [0.5, 0.6) is 5.88 Å². The third-order valence-corrected chi connectivity index (χ3v) is 4.81. The standard InChI is InChI=1S/C25H21F2N3O2/c26-21-10-6-19(7-11-21)15-30-16-23(24(31)28-14-18-4-2-1-3-5-18)25(29-30)32-17-20-8-12-22(27)13-9-20/h1-13,16H,14-15,17H2,(H,28,31). The van der Waals surface area contributed by atoms with Crippen LogP contribution in [0.3, 0.4) is 0 Å². The Morgan fingerprint density at radius 3 is 2.12 bits per heavy atom. The first-order valence-electron chi connectivity index (χ1n) is 10.1. The fraction of sp³-hybridized carbons (Fsp3) is 0.120. The first-order valence-corrected chi connectivity index (χ1v) is 10.1. The van der Waals surface area contributed by atoms with Crippen LogP contribution in [-0.2, 0) is 19.7 Å². The van der Waals surface area contributed by atoms with Crippen molar-refractivity contribution in [1.82, 2.24) is 15.1 Å². The molecule has 1 amide bonds. The number of hydrogen-bond donors (Lipinski definition) is 1. The van der Waals surface area contributed by atoms with Gasteiger partial charge in [0.1, 0.15) is 23.8 Å². The van der Waals surface area contributed by atoms with Crippen LogP contribution in [0, 0.1) is 11.6 Å². The molecule has 0 fully saturated rings. The number of carbonyl (C=O) groups excluding carboxylic acids is 1. The summed E-state index contributed by atoms with van der Waals surface area (Å²) in [5.41, 5.74) is 2.82. The number of amides is 1. The Morgan fingerprint density at radius 2 is 1.47 bits per heavy atom. The second-order valence-electron chi connectivity index (χ2n) is 7.26. The summed E-state index contributed by atoms with van der Waals surface area (Å²) >= 11 is 0. The molecule has 3 aromatic carbocycles. The van der Waals surface area contributed by atoms with E-state index in [0.717, 1.165) is 16.7 Å². The summed E-state index contributed by atoms with van der Waals surface area (Å²) in [6.45, 7) is 0.839. The molecule has 1 heterocycles. The van der Waals surface area contributed by atoms with Crippen molar-refractivity contribution in [2.75, 3.05) is 0 Å². The predicted molar refractivity (Wildman–Crippen MR) is 116 cm³/mol. The zero-order chi connectivity index (χ0) is 22.3. The first-order chi connectivity index (χ1) is 15.6. The molecular weight excluding hydrogens is 412 g/mol. The van der Waals surface area contributed by atoms with Crippen molar-refractivity contribution >= 4 is 5.91 Å². The molecule has 4 aromatic rings. The van der Waals surface area contributed by atoms with Crippen LogP contribution >= 0.6 is 0 Å². The summed E-state index contributed by atoms with van der Waals surface area (Å²) in [5.74, 6) is -0.813. The molecule has 0 radical (unpaired) electrons. The van der Waals surface area contributed by atoms with E-state index < -0.39 is 0 Å². The van der Waals surface area contributed by atoms with E-state index in [1.807, 2.05) is 30.3 Å². The van der Waals surface area contributed by atoms with Gasteiger partial charge in [0.2, 0.25) is 5.88 Å². The molecule has 0 spiro atoms. The van der Waals surface area contributed by atoms with Gasteiger partial charge in [-0.1, -0.05) is 54.6 Å². The van der Waals surface area contributed by atoms with Gasteiger partial charge in [0.15, 0.2) is 0 Å². The summed E-state index contributed by atoms with van der Waals surface area (Å²) in [6, 6.07) is 21.5. The van der Waals surface area contributed by atoms with Gasteiger partial charge in [-0.05, 0) is 41.0 Å². The average molecular weight is 433 g/mol. The molecule has 5 nitrogen and oxygen atoms in total. The van der Waals surface area contributed by atoms with Crippen LogP contribution in [0.15, 0.2) is 85.1 Å². The summed E-state index contributed by atoms with van der Waals surface area (Å²) in [7, 11) is 0. The number of aromatic nitrogens is 2. The molecule has 0 saturated carbocycles. The highest BCUT2D eigenvalue weighted by Crippen LogP contribution is 2.19. The van der Waals surface area contributed by atoms with E-state index >= 15 is 0 Å². The maximum Gasteiger partial charge on any atom is 0.258 e. The van der Waals surface area contributed by atoms with Gasteiger partial charge in [-0.15, -0.1) is 5.10 Å². The highest BCUT2D eigenvalue weighted by atomic mass is 19.1. The molecule has 0 aliphatic carbocycles. The zero-order valence-corrected chi connectivity index (χ0v) is 17.2. The van der Waals surface area contributed by atoms with E-state index in [-0.39, 0.29) is 35.6 Å². The average Bonchev–Trinajstić information content (AvgIpc) is 3.22. The van der Waals surface area contributed by atoms with Crippen molar-refractivity contribution < 1.29 is 18.3 Å². The van der Waals surface area contributed by atoms with Gasteiger partial charge in [-0.25, -0.2) is 8.78 Å². The largest absolute Gasteiger partial charge is 0.471 e. The topological polar surface area (TPSA) is 56.2 Å². The van der Waals surface area contributed by atoms with Gasteiger partial charge in [0.25, 0.3) is 5.91 Å². The molecule has 0 bridgehead atoms. The molecule has 4 rings (SSSR count). The highest BCUT2D eigenvalue weighted by Gasteiger charge is 2.18. The monoisotopic (exact) mass is 433 g/mol. The molecule has 0 aliphatic rings. The van der Waals surface area contributed by atoms with E-state index in [4.69, 9.17) is 4.74 Å². The molecule has 1 aromatic heterocycles. The normalized spacial score (nSPS) is 10.7. The smallest absolute Gasteiger partial charge is 0.258 e. The van der Waals surface area contributed by atoms with Crippen LogP contribution in [0.1, 0.15) is 27.0 Å². The van der Waals surface area contributed by atoms with Gasteiger partial charge in [0.05, 0.1) is 6.54 Å². The molecule has 0 atom stereocenters. The third kappa shape index (κ3) is 5.57. The molecule has 0 unspecified atom stereocenters. The fourth-order valence-corrected chi connectivity index (χ4v) is 3.13. The molecule has 162 valence electrons. The molecule has 0 aliphatic heterocycles. The van der Waals surface area contributed by atoms with E-state index in [2.05, 4.69) is 10.4 Å². The van der Waals surface area contributed by atoms with E-state index in [9.17, 15) is 13.6 Å². The molecule has 1 N–H and O–H groups in total. The molecule has 7 heteroatoms. The van der Waals surface area contributed by atoms with E-state index in [0.29, 0.717) is 13.1 Å². The summed E-state index contributed by atoms with van der Waals surface area (Å²) in [6.07, 6.45) is 1.60. The van der Waals surface area contributed by atoms with Crippen LogP contribution in [0.25, 0.3) is 0 Å². The maximum absolute atomic E-state index is 13.2. The first kappa shape index (κ1) is 21.2. The van der Waals surface area contributed by atoms with Gasteiger partial charge in [-0.3, -0.25) is 9.48 Å². The minimum atomic E-state index is -0.335. The number of ether oxygens (including phenoxy) is 1. The van der Waals surface area contributed by atoms with Gasteiger partial charge in [0, 0.05) is 12.7 Å². The van der Waals surface area contributed by atoms with Crippen molar-refractivity contribution in [2.24, 2.45) is 0 Å². The molecule has 32 heavy (non-hydrogen) atoms. The number of halogens is 2. The second kappa shape index (κ2) is 9.87. The Balaban J connectivity index is 1.52. The summed E-state index contributed by atoms with van der Waals surface area (Å²) in [5, 5.41) is 7.28. The van der Waals surface area contributed by atoms with Gasteiger partial charge in [-0.2, -0.15) is 0 Å². The lowest BCUT2D eigenvalue weighted by Gasteiger charge is -2.07. The van der Waals surface area contributed by atoms with Crippen LogP contribution < -0.4 is 10.1 Å². The third-order valence-electron chi connectivity index (χ3n) is 4.81. The van der Waals surface area contributed by atoms with Crippen LogP contribution in [-0.4, -0.2) is 15.7 Å². The van der Waals surface area contributed by atoms with Crippen molar-refractivity contribution in [2.45, 2.75) is 19.7 Å². The Morgan fingerprint density at radius 1 is 0.844 bits per heavy atom. The Hall–Kier alpha value is -4.00. The minimum absolute atomic E-state index is 0.132. The SMILES string of the molecule is O=C(NCc1ccccc1)c1cn(Cc2ccc(F)cc2)nc1OCc1ccc(F)cc1. The quantitative estimate of drug-likeness (QED) is 0.438. The summed E-state index contributed by atoms with van der Waals surface area (Å²) < 4.78 is 33.7. The number of rotatable bonds is 8. The van der Waals surface area contributed by atoms with Gasteiger partial charge < -0.3 is 10.1 Å². The van der Waals surface area contributed by atoms with Crippen LogP contribution in [0.2, 0.25) is 0 Å². The lowest BCUT2D eigenvalue weighted by atomic mass is 10.2. The Labute approximate surface area is 184 Å². The second-order valence-corrected chi connectivity index (χ2v) is 7.26. The highest BCUT2D eigenvalue weighted by molar-refractivity contribution is 5.96. The summed E-state index contributed by atoms with van der Waals surface area (Å²) in [4.78, 5) is 12.9. The number of nitrogens with one attached hydrogen (secondary N) is 1. The minimum Gasteiger partial charge on any atom is -0.471 e. The Bertz CT molecular complexity index is 1170. The fourth-order valence-electron chi connectivity index (χ4n) is 3.13. The van der Waals surface area contributed by atoms with Crippen molar-refractivity contribution in [3.05, 3.63) is 119 Å². The number of carbonyl (C=O) groups is 1. The predicted octanol–water partition coefficient (Wildman–Crippen LogP) is 4.72. The molecular formula is C25H21F2N3O2. The number of benzene rings is 3. The van der Waals surface area contributed by atoms with Crippen LogP contribution in [0.4, 0.5) is 8.78 Å². The Kier molecular flexibility index (Phi) is 6.55. The van der Waals surface area contributed by atoms with Crippen molar-refractivity contribution in [3.8, 4) is 5.88 Å². The lowest BCUT2D eigenvalue weighted by molar-refractivity contribution is 0.0946. The number of nitrogens with zero attached hydrogens (tertiary/aromatic N) is 2. The number of hydrogen-bond acceptors (Lipinski definition) is 3. The van der Waals surface area contributed by atoms with Crippen molar-refractivity contribution in [1.29, 1.82) is 0 Å². The van der Waals surface area contributed by atoms with E-state index in [1.54, 1.807) is 35.1 Å².